The molecule has 0 fully saturated rings. The molecule has 0 N–H and O–H groups in total. The summed E-state index contributed by atoms with van der Waals surface area (Å²) in [5, 5.41) is 4.50. The van der Waals surface area contributed by atoms with E-state index >= 15 is 0 Å². The van der Waals surface area contributed by atoms with Gasteiger partial charge in [0.25, 0.3) is 0 Å². The third-order valence-corrected chi connectivity index (χ3v) is 13.7. The van der Waals surface area contributed by atoms with Gasteiger partial charge in [0.15, 0.2) is 11.6 Å². The second-order valence-corrected chi connectivity index (χ2v) is 17.8. The standard InChI is InChI=1S/C62H48N2O2/c1-37-33-39(3)58(41(5)55(37)61(65)47-25-17-23-45(35-47)43-19-9-7-10-20-43)63-53-30-16-14-28-51(53)57-54(63)32-31-50-49-27-13-15-29-52(49)64(60(50)57)59-40(4)34-38(2)56(42(59)6)62(66)48-26-18-24-46(36-48)44-21-11-8-12-22-44/h7-36H,1-6H3. The van der Waals surface area contributed by atoms with Crippen LogP contribution in [-0.2, 0) is 0 Å². The predicted octanol–water partition coefficient (Wildman–Crippen LogP) is 15.5. The van der Waals surface area contributed by atoms with E-state index in [-0.39, 0.29) is 11.6 Å². The zero-order valence-corrected chi connectivity index (χ0v) is 38.0. The van der Waals surface area contributed by atoms with Crippen LogP contribution in [0.25, 0.3) is 77.2 Å². The molecular formula is C62H48N2O2. The Morgan fingerprint density at radius 2 is 0.788 bits per heavy atom. The number of carbonyl (C=O) groups excluding carboxylic acids is 2. The molecule has 11 aromatic rings. The van der Waals surface area contributed by atoms with Gasteiger partial charge >= 0.3 is 0 Å². The number of benzene rings is 9. The fourth-order valence-electron chi connectivity index (χ4n) is 10.9. The highest BCUT2D eigenvalue weighted by atomic mass is 16.1. The number of fused-ring (bicyclic) bond motifs is 7. The van der Waals surface area contributed by atoms with E-state index in [4.69, 9.17) is 0 Å². The van der Waals surface area contributed by atoms with Gasteiger partial charge in [0.2, 0.25) is 0 Å². The average Bonchev–Trinajstić information content (AvgIpc) is 3.84. The highest BCUT2D eigenvalue weighted by molar-refractivity contribution is 6.26. The van der Waals surface area contributed by atoms with Crippen molar-refractivity contribution in [3.05, 3.63) is 238 Å². The lowest BCUT2D eigenvalue weighted by Gasteiger charge is -2.20. The van der Waals surface area contributed by atoms with Crippen molar-refractivity contribution in [2.45, 2.75) is 41.5 Å². The quantitative estimate of drug-likeness (QED) is 0.143. The maximum absolute atomic E-state index is 14.9. The number of carbonyl (C=O) groups is 2. The summed E-state index contributed by atoms with van der Waals surface area (Å²) in [6.45, 7) is 12.6. The van der Waals surface area contributed by atoms with Crippen molar-refractivity contribution in [1.82, 2.24) is 9.13 Å². The minimum Gasteiger partial charge on any atom is -0.309 e. The second-order valence-electron chi connectivity index (χ2n) is 17.8. The van der Waals surface area contributed by atoms with Gasteiger partial charge in [-0.25, -0.2) is 0 Å². The minimum absolute atomic E-state index is 0.00835. The van der Waals surface area contributed by atoms with Gasteiger partial charge in [-0.3, -0.25) is 9.59 Å². The van der Waals surface area contributed by atoms with E-state index in [1.165, 1.54) is 0 Å². The van der Waals surface area contributed by atoms with Crippen LogP contribution in [0, 0.1) is 41.5 Å². The molecule has 11 rings (SSSR count). The van der Waals surface area contributed by atoms with Gasteiger partial charge in [0, 0.05) is 43.8 Å². The number of hydrogen-bond donors (Lipinski definition) is 0. The molecular weight excluding hydrogens is 805 g/mol. The molecule has 9 aromatic carbocycles. The van der Waals surface area contributed by atoms with Crippen LogP contribution >= 0.6 is 0 Å². The smallest absolute Gasteiger partial charge is 0.193 e. The molecule has 0 aliphatic heterocycles. The van der Waals surface area contributed by atoms with E-state index in [0.717, 1.165) is 122 Å². The lowest BCUT2D eigenvalue weighted by atomic mass is 9.90. The lowest BCUT2D eigenvalue weighted by molar-refractivity contribution is 0.102. The Kier molecular flexibility index (Phi) is 9.78. The third kappa shape index (κ3) is 6.35. The van der Waals surface area contributed by atoms with E-state index in [1.807, 2.05) is 72.8 Å². The Morgan fingerprint density at radius 3 is 1.32 bits per heavy atom. The normalized spacial score (nSPS) is 11.6. The molecule has 0 saturated heterocycles. The first-order valence-corrected chi connectivity index (χ1v) is 22.7. The van der Waals surface area contributed by atoms with Crippen molar-refractivity contribution in [2.75, 3.05) is 0 Å². The van der Waals surface area contributed by atoms with Crippen LogP contribution in [0.2, 0.25) is 0 Å². The van der Waals surface area contributed by atoms with Gasteiger partial charge in [-0.2, -0.15) is 0 Å². The molecule has 0 spiro atoms. The van der Waals surface area contributed by atoms with Crippen molar-refractivity contribution in [3.63, 3.8) is 0 Å². The Labute approximate surface area is 385 Å². The summed E-state index contributed by atoms with van der Waals surface area (Å²) in [6.07, 6.45) is 0. The number of aryl methyl sites for hydroxylation is 4. The molecule has 318 valence electrons. The van der Waals surface area contributed by atoms with Crippen molar-refractivity contribution in [1.29, 1.82) is 0 Å². The fourth-order valence-corrected chi connectivity index (χ4v) is 10.9. The molecule has 0 atom stereocenters. The van der Waals surface area contributed by atoms with Crippen molar-refractivity contribution >= 4 is 55.2 Å². The molecule has 0 aliphatic rings. The van der Waals surface area contributed by atoms with Gasteiger partial charge < -0.3 is 9.13 Å². The second kappa shape index (κ2) is 15.9. The van der Waals surface area contributed by atoms with Crippen molar-refractivity contribution < 1.29 is 9.59 Å². The van der Waals surface area contributed by atoms with Crippen LogP contribution in [0.5, 0.6) is 0 Å². The van der Waals surface area contributed by atoms with Crippen molar-refractivity contribution in [3.8, 4) is 33.6 Å². The number of rotatable bonds is 8. The van der Waals surface area contributed by atoms with Gasteiger partial charge in [-0.15, -0.1) is 0 Å². The summed E-state index contributed by atoms with van der Waals surface area (Å²) in [7, 11) is 0. The topological polar surface area (TPSA) is 44.0 Å². The van der Waals surface area contributed by atoms with E-state index in [0.29, 0.717) is 11.1 Å². The molecule has 0 unspecified atom stereocenters. The summed E-state index contributed by atoms with van der Waals surface area (Å²) < 4.78 is 4.78. The first-order chi connectivity index (χ1) is 32.1. The molecule has 4 heteroatoms. The van der Waals surface area contributed by atoms with Crippen LogP contribution in [-0.4, -0.2) is 20.7 Å². The van der Waals surface area contributed by atoms with Gasteiger partial charge in [0.1, 0.15) is 0 Å². The minimum atomic E-state index is 0.00835. The first-order valence-electron chi connectivity index (χ1n) is 22.7. The molecule has 0 amide bonds. The Morgan fingerprint density at radius 1 is 0.348 bits per heavy atom. The molecule has 0 radical (unpaired) electrons. The molecule has 0 saturated carbocycles. The molecule has 2 aromatic heterocycles. The molecule has 0 aliphatic carbocycles. The Hall–Kier alpha value is -8.08. The monoisotopic (exact) mass is 852 g/mol. The predicted molar refractivity (Wildman–Crippen MR) is 274 cm³/mol. The van der Waals surface area contributed by atoms with Crippen LogP contribution in [0.15, 0.2) is 182 Å². The summed E-state index contributed by atoms with van der Waals surface area (Å²) in [6, 6.07) is 62.5. The molecule has 2 heterocycles. The fraction of sp³-hybridized carbons (Fsp3) is 0.0968. The lowest BCUT2D eigenvalue weighted by Crippen LogP contribution is -2.12. The van der Waals surface area contributed by atoms with Crippen LogP contribution in [0.1, 0.15) is 65.2 Å². The number of ketones is 2. The van der Waals surface area contributed by atoms with Gasteiger partial charge in [-0.05, 0) is 128 Å². The van der Waals surface area contributed by atoms with Crippen molar-refractivity contribution in [2.24, 2.45) is 0 Å². The Balaban J connectivity index is 1.15. The summed E-state index contributed by atoms with van der Waals surface area (Å²) in [5.74, 6) is 0.0174. The molecule has 66 heavy (non-hydrogen) atoms. The zero-order valence-electron chi connectivity index (χ0n) is 38.0. The largest absolute Gasteiger partial charge is 0.309 e. The summed E-state index contributed by atoms with van der Waals surface area (Å²) >= 11 is 0. The van der Waals surface area contributed by atoms with Gasteiger partial charge in [-0.1, -0.05) is 152 Å². The number of hydrogen-bond acceptors (Lipinski definition) is 2. The van der Waals surface area contributed by atoms with E-state index < -0.39 is 0 Å². The highest BCUT2D eigenvalue weighted by Gasteiger charge is 2.27. The summed E-state index contributed by atoms with van der Waals surface area (Å²) in [4.78, 5) is 29.7. The zero-order chi connectivity index (χ0) is 45.4. The maximum atomic E-state index is 14.9. The SMILES string of the molecule is Cc1cc(C)c(-n2c3ccccc3c3c2ccc2c4ccccc4n(-c4c(C)cc(C)c(C(=O)c5cccc(-c6ccccc6)c5)c4C)c23)c(C)c1C(=O)c1cccc(-c2ccccc2)c1. The molecule has 4 nitrogen and oxygen atoms in total. The average molecular weight is 853 g/mol. The molecule has 0 bridgehead atoms. The van der Waals surface area contributed by atoms with Crippen LogP contribution in [0.3, 0.4) is 0 Å². The maximum Gasteiger partial charge on any atom is 0.193 e. The third-order valence-electron chi connectivity index (χ3n) is 13.7. The highest BCUT2D eigenvalue weighted by Crippen LogP contribution is 2.45. The number of nitrogens with zero attached hydrogens (tertiary/aromatic N) is 2. The van der Waals surface area contributed by atoms with Crippen LogP contribution in [0.4, 0.5) is 0 Å². The summed E-state index contributed by atoms with van der Waals surface area (Å²) in [5.41, 5.74) is 19.2. The van der Waals surface area contributed by atoms with E-state index in [9.17, 15) is 9.59 Å². The van der Waals surface area contributed by atoms with Crippen LogP contribution < -0.4 is 0 Å². The Bertz CT molecular complexity index is 3790. The van der Waals surface area contributed by atoms with E-state index in [1.54, 1.807) is 0 Å². The van der Waals surface area contributed by atoms with Gasteiger partial charge in [0.05, 0.1) is 33.4 Å². The number of aromatic nitrogens is 2. The number of para-hydroxylation sites is 2. The van der Waals surface area contributed by atoms with E-state index in [2.05, 4.69) is 160 Å². The first kappa shape index (κ1) is 40.7.